The summed E-state index contributed by atoms with van der Waals surface area (Å²) in [7, 11) is 4.03. The van der Waals surface area contributed by atoms with Crippen molar-refractivity contribution in [3.05, 3.63) is 33.3 Å². The van der Waals surface area contributed by atoms with E-state index in [0.29, 0.717) is 0 Å². The third kappa shape index (κ3) is 4.51. The standard InChI is InChI=1S/C11H16BrClN2/c1-15(2)7-10(14)5-8-3-4-9(12)6-11(8)13/h3-4,6,10H,5,7,14H2,1-2H3. The van der Waals surface area contributed by atoms with Gasteiger partial charge in [-0.3, -0.25) is 0 Å². The van der Waals surface area contributed by atoms with Crippen LogP contribution in [0.2, 0.25) is 5.02 Å². The van der Waals surface area contributed by atoms with Gasteiger partial charge in [-0.25, -0.2) is 0 Å². The SMILES string of the molecule is CN(C)CC(N)Cc1ccc(Br)cc1Cl. The fourth-order valence-electron chi connectivity index (χ4n) is 1.50. The van der Waals surface area contributed by atoms with Gasteiger partial charge in [0.25, 0.3) is 0 Å². The maximum Gasteiger partial charge on any atom is 0.0449 e. The number of nitrogens with zero attached hydrogens (tertiary/aromatic N) is 1. The molecular weight excluding hydrogens is 275 g/mol. The van der Waals surface area contributed by atoms with E-state index in [2.05, 4.69) is 20.8 Å². The van der Waals surface area contributed by atoms with Crippen LogP contribution in [0.4, 0.5) is 0 Å². The average Bonchev–Trinajstić information content (AvgIpc) is 2.08. The van der Waals surface area contributed by atoms with Crippen LogP contribution in [0.1, 0.15) is 5.56 Å². The van der Waals surface area contributed by atoms with Gasteiger partial charge in [-0.05, 0) is 38.2 Å². The van der Waals surface area contributed by atoms with Gasteiger partial charge >= 0.3 is 0 Å². The molecule has 0 spiro atoms. The first kappa shape index (κ1) is 13.0. The Kier molecular flexibility index (Phi) is 5.06. The fraction of sp³-hybridized carbons (Fsp3) is 0.455. The Labute approximate surface area is 105 Å². The molecule has 1 aromatic rings. The van der Waals surface area contributed by atoms with Crippen LogP contribution >= 0.6 is 27.5 Å². The zero-order valence-corrected chi connectivity index (χ0v) is 11.3. The molecule has 4 heteroatoms. The van der Waals surface area contributed by atoms with Gasteiger partial charge < -0.3 is 10.6 Å². The lowest BCUT2D eigenvalue weighted by atomic mass is 10.1. The number of halogens is 2. The number of likely N-dealkylation sites (N-methyl/N-ethyl adjacent to an activating group) is 1. The summed E-state index contributed by atoms with van der Waals surface area (Å²) >= 11 is 9.49. The number of hydrogen-bond donors (Lipinski definition) is 1. The molecule has 0 aromatic heterocycles. The van der Waals surface area contributed by atoms with Crippen molar-refractivity contribution in [2.45, 2.75) is 12.5 Å². The molecule has 15 heavy (non-hydrogen) atoms. The second-order valence-electron chi connectivity index (χ2n) is 3.96. The molecule has 0 fully saturated rings. The molecule has 0 saturated heterocycles. The largest absolute Gasteiger partial charge is 0.326 e. The lowest BCUT2D eigenvalue weighted by Gasteiger charge is -2.17. The van der Waals surface area contributed by atoms with Gasteiger partial charge in [0.2, 0.25) is 0 Å². The minimum absolute atomic E-state index is 0.124. The van der Waals surface area contributed by atoms with E-state index in [1.54, 1.807) is 0 Å². The van der Waals surface area contributed by atoms with E-state index in [1.807, 2.05) is 32.3 Å². The van der Waals surface area contributed by atoms with Crippen LogP contribution in [-0.4, -0.2) is 31.6 Å². The molecule has 1 atom stereocenters. The predicted octanol–water partition coefficient (Wildman–Crippen LogP) is 2.53. The van der Waals surface area contributed by atoms with Gasteiger partial charge in [-0.2, -0.15) is 0 Å². The molecule has 84 valence electrons. The van der Waals surface area contributed by atoms with Crippen molar-refractivity contribution < 1.29 is 0 Å². The van der Waals surface area contributed by atoms with Crippen LogP contribution < -0.4 is 5.73 Å². The summed E-state index contributed by atoms with van der Waals surface area (Å²) in [6.07, 6.45) is 0.810. The summed E-state index contributed by atoms with van der Waals surface area (Å²) in [6.45, 7) is 0.867. The molecular formula is C11H16BrClN2. The Bertz CT molecular complexity index is 328. The third-order valence-electron chi connectivity index (χ3n) is 2.10. The molecule has 2 nitrogen and oxygen atoms in total. The minimum Gasteiger partial charge on any atom is -0.326 e. The molecule has 0 radical (unpaired) electrons. The highest BCUT2D eigenvalue weighted by Gasteiger charge is 2.08. The molecule has 1 aromatic carbocycles. The molecule has 0 aliphatic carbocycles. The highest BCUT2D eigenvalue weighted by molar-refractivity contribution is 9.10. The average molecular weight is 292 g/mol. The van der Waals surface area contributed by atoms with Gasteiger partial charge in [0.1, 0.15) is 0 Å². The van der Waals surface area contributed by atoms with E-state index in [4.69, 9.17) is 17.3 Å². The zero-order valence-electron chi connectivity index (χ0n) is 9.00. The first-order chi connectivity index (χ1) is 6.99. The van der Waals surface area contributed by atoms with E-state index in [1.165, 1.54) is 0 Å². The third-order valence-corrected chi connectivity index (χ3v) is 2.94. The van der Waals surface area contributed by atoms with Crippen molar-refractivity contribution in [3.63, 3.8) is 0 Å². The van der Waals surface area contributed by atoms with E-state index in [9.17, 15) is 0 Å². The summed E-state index contributed by atoms with van der Waals surface area (Å²) in [5.41, 5.74) is 7.11. The highest BCUT2D eigenvalue weighted by atomic mass is 79.9. The van der Waals surface area contributed by atoms with Gasteiger partial charge in [0.05, 0.1) is 0 Å². The Morgan fingerprint density at radius 1 is 1.47 bits per heavy atom. The molecule has 2 N–H and O–H groups in total. The fourth-order valence-corrected chi connectivity index (χ4v) is 2.25. The lowest BCUT2D eigenvalue weighted by molar-refractivity contribution is 0.371. The Morgan fingerprint density at radius 2 is 2.13 bits per heavy atom. The molecule has 0 aliphatic rings. The van der Waals surface area contributed by atoms with Crippen molar-refractivity contribution >= 4 is 27.5 Å². The summed E-state index contributed by atoms with van der Waals surface area (Å²) in [4.78, 5) is 2.08. The first-order valence-electron chi connectivity index (χ1n) is 4.83. The van der Waals surface area contributed by atoms with Crippen LogP contribution in [0.25, 0.3) is 0 Å². The zero-order chi connectivity index (χ0) is 11.4. The van der Waals surface area contributed by atoms with Gasteiger partial charge in [0, 0.05) is 22.1 Å². The first-order valence-corrected chi connectivity index (χ1v) is 6.00. The summed E-state index contributed by atoms with van der Waals surface area (Å²) < 4.78 is 0.998. The topological polar surface area (TPSA) is 29.3 Å². The molecule has 1 rings (SSSR count). The smallest absolute Gasteiger partial charge is 0.0449 e. The second kappa shape index (κ2) is 5.85. The normalized spacial score (nSPS) is 13.2. The van der Waals surface area contributed by atoms with Crippen molar-refractivity contribution in [1.29, 1.82) is 0 Å². The maximum atomic E-state index is 6.11. The number of benzene rings is 1. The van der Waals surface area contributed by atoms with Crippen LogP contribution in [-0.2, 0) is 6.42 Å². The van der Waals surface area contributed by atoms with Crippen LogP contribution in [0, 0.1) is 0 Å². The van der Waals surface area contributed by atoms with Gasteiger partial charge in [-0.15, -0.1) is 0 Å². The quantitative estimate of drug-likeness (QED) is 0.924. The van der Waals surface area contributed by atoms with Crippen LogP contribution in [0.5, 0.6) is 0 Å². The summed E-state index contributed by atoms with van der Waals surface area (Å²) in [5.74, 6) is 0. The van der Waals surface area contributed by atoms with Crippen molar-refractivity contribution in [3.8, 4) is 0 Å². The van der Waals surface area contributed by atoms with Crippen molar-refractivity contribution in [1.82, 2.24) is 4.90 Å². The van der Waals surface area contributed by atoms with Crippen LogP contribution in [0.3, 0.4) is 0 Å². The Balaban J connectivity index is 2.64. The monoisotopic (exact) mass is 290 g/mol. The number of nitrogens with two attached hydrogens (primary N) is 1. The van der Waals surface area contributed by atoms with Crippen molar-refractivity contribution in [2.24, 2.45) is 5.73 Å². The van der Waals surface area contributed by atoms with E-state index in [0.717, 1.165) is 28.0 Å². The van der Waals surface area contributed by atoms with E-state index in [-0.39, 0.29) is 6.04 Å². The van der Waals surface area contributed by atoms with E-state index < -0.39 is 0 Å². The maximum absolute atomic E-state index is 6.11. The van der Waals surface area contributed by atoms with Crippen LogP contribution in [0.15, 0.2) is 22.7 Å². The predicted molar refractivity (Wildman–Crippen MR) is 69.4 cm³/mol. The summed E-state index contributed by atoms with van der Waals surface area (Å²) in [6, 6.07) is 6.03. The molecule has 0 saturated carbocycles. The molecule has 0 amide bonds. The van der Waals surface area contributed by atoms with E-state index >= 15 is 0 Å². The summed E-state index contributed by atoms with van der Waals surface area (Å²) in [5, 5.41) is 0.776. The Morgan fingerprint density at radius 3 is 2.67 bits per heavy atom. The molecule has 0 bridgehead atoms. The minimum atomic E-state index is 0.124. The van der Waals surface area contributed by atoms with Crippen molar-refractivity contribution in [2.75, 3.05) is 20.6 Å². The number of rotatable bonds is 4. The Hall–Kier alpha value is -0.0900. The highest BCUT2D eigenvalue weighted by Crippen LogP contribution is 2.22. The molecule has 0 aliphatic heterocycles. The van der Waals surface area contributed by atoms with Gasteiger partial charge in [-0.1, -0.05) is 33.6 Å². The number of hydrogen-bond acceptors (Lipinski definition) is 2. The lowest BCUT2D eigenvalue weighted by Crippen LogP contribution is -2.34. The van der Waals surface area contributed by atoms with Gasteiger partial charge in [0.15, 0.2) is 0 Å². The molecule has 0 heterocycles. The second-order valence-corrected chi connectivity index (χ2v) is 5.29. The molecule has 1 unspecified atom stereocenters.